The van der Waals surface area contributed by atoms with Crippen LogP contribution in [0.15, 0.2) is 52.7 Å². The van der Waals surface area contributed by atoms with Crippen LogP contribution in [0.2, 0.25) is 0 Å². The maximum Gasteiger partial charge on any atom is 0.339 e. The van der Waals surface area contributed by atoms with Crippen molar-refractivity contribution in [3.63, 3.8) is 0 Å². The maximum absolute atomic E-state index is 11.1. The standard InChI is InChI=1S/C14H10N2O5/c17-12-7-9(13(18)19)11(6-10(12)14(20)21)16-15-8-4-2-1-3-5-8/h1-7,17H,(H,18,19)(H,20,21)/b16-15+. The van der Waals surface area contributed by atoms with E-state index in [9.17, 15) is 14.7 Å². The van der Waals surface area contributed by atoms with Crippen LogP contribution in [-0.4, -0.2) is 27.3 Å². The van der Waals surface area contributed by atoms with Crippen molar-refractivity contribution in [2.24, 2.45) is 10.2 Å². The van der Waals surface area contributed by atoms with Crippen molar-refractivity contribution in [2.75, 3.05) is 0 Å². The Morgan fingerprint density at radius 1 is 0.857 bits per heavy atom. The minimum atomic E-state index is -1.39. The fourth-order valence-electron chi connectivity index (χ4n) is 1.61. The molecule has 0 saturated heterocycles. The van der Waals surface area contributed by atoms with Gasteiger partial charge in [0.05, 0.1) is 11.3 Å². The third-order valence-electron chi connectivity index (χ3n) is 2.60. The van der Waals surface area contributed by atoms with E-state index >= 15 is 0 Å². The van der Waals surface area contributed by atoms with Crippen LogP contribution < -0.4 is 0 Å². The average Bonchev–Trinajstić information content (AvgIpc) is 2.46. The van der Waals surface area contributed by atoms with Gasteiger partial charge < -0.3 is 15.3 Å². The first-order valence-electron chi connectivity index (χ1n) is 5.79. The van der Waals surface area contributed by atoms with Gasteiger partial charge in [0.1, 0.15) is 17.0 Å². The maximum atomic E-state index is 11.1. The Kier molecular flexibility index (Phi) is 3.94. The molecule has 3 N–H and O–H groups in total. The first kappa shape index (κ1) is 14.2. The largest absolute Gasteiger partial charge is 0.507 e. The molecule has 0 aliphatic rings. The zero-order chi connectivity index (χ0) is 15.4. The van der Waals surface area contributed by atoms with Gasteiger partial charge in [-0.2, -0.15) is 5.11 Å². The fraction of sp³-hybridized carbons (Fsp3) is 0. The summed E-state index contributed by atoms with van der Waals surface area (Å²) in [6, 6.07) is 10.4. The number of aromatic hydroxyl groups is 1. The Balaban J connectivity index is 2.50. The Hall–Kier alpha value is -3.22. The lowest BCUT2D eigenvalue weighted by Crippen LogP contribution is -2.01. The molecular formula is C14H10N2O5. The van der Waals surface area contributed by atoms with E-state index in [1.165, 1.54) is 0 Å². The van der Waals surface area contributed by atoms with Gasteiger partial charge in [-0.1, -0.05) is 18.2 Å². The van der Waals surface area contributed by atoms with Crippen LogP contribution in [0.1, 0.15) is 20.7 Å². The van der Waals surface area contributed by atoms with E-state index in [-0.39, 0.29) is 11.3 Å². The van der Waals surface area contributed by atoms with Crippen molar-refractivity contribution in [2.45, 2.75) is 0 Å². The molecule has 7 heteroatoms. The van der Waals surface area contributed by atoms with E-state index in [0.717, 1.165) is 12.1 Å². The monoisotopic (exact) mass is 286 g/mol. The second-order valence-electron chi connectivity index (χ2n) is 4.03. The van der Waals surface area contributed by atoms with Gasteiger partial charge in [0.25, 0.3) is 0 Å². The lowest BCUT2D eigenvalue weighted by Gasteiger charge is -2.04. The summed E-state index contributed by atoms with van der Waals surface area (Å²) in [6.45, 7) is 0. The highest BCUT2D eigenvalue weighted by molar-refractivity contribution is 5.98. The number of carboxylic acid groups (broad SMARTS) is 2. The summed E-state index contributed by atoms with van der Waals surface area (Å²) in [5.41, 5.74) is -0.445. The topological polar surface area (TPSA) is 120 Å². The molecule has 0 heterocycles. The highest BCUT2D eigenvalue weighted by atomic mass is 16.4. The summed E-state index contributed by atoms with van der Waals surface area (Å²) in [6.07, 6.45) is 0. The number of nitrogens with zero attached hydrogens (tertiary/aromatic N) is 2. The van der Waals surface area contributed by atoms with Crippen LogP contribution in [0.25, 0.3) is 0 Å². The zero-order valence-corrected chi connectivity index (χ0v) is 10.6. The van der Waals surface area contributed by atoms with Gasteiger partial charge in [-0.05, 0) is 24.3 Å². The van der Waals surface area contributed by atoms with Crippen molar-refractivity contribution in [1.29, 1.82) is 0 Å². The number of carboxylic acids is 2. The Labute approximate surface area is 118 Å². The van der Waals surface area contributed by atoms with E-state index in [1.54, 1.807) is 30.3 Å². The number of rotatable bonds is 4. The van der Waals surface area contributed by atoms with Gasteiger partial charge in [-0.3, -0.25) is 0 Å². The van der Waals surface area contributed by atoms with E-state index in [2.05, 4.69) is 10.2 Å². The number of benzene rings is 2. The van der Waals surface area contributed by atoms with Crippen molar-refractivity contribution >= 4 is 23.3 Å². The molecule has 2 aromatic rings. The van der Waals surface area contributed by atoms with Gasteiger partial charge >= 0.3 is 11.9 Å². The second-order valence-corrected chi connectivity index (χ2v) is 4.03. The number of carbonyl (C=O) groups is 2. The molecule has 0 atom stereocenters. The van der Waals surface area contributed by atoms with Gasteiger partial charge in [-0.25, -0.2) is 9.59 Å². The minimum absolute atomic E-state index is 0.151. The van der Waals surface area contributed by atoms with Crippen LogP contribution in [-0.2, 0) is 0 Å². The zero-order valence-electron chi connectivity index (χ0n) is 10.6. The minimum Gasteiger partial charge on any atom is -0.507 e. The molecule has 7 nitrogen and oxygen atoms in total. The van der Waals surface area contributed by atoms with Crippen LogP contribution in [0, 0.1) is 0 Å². The Morgan fingerprint density at radius 2 is 1.48 bits per heavy atom. The first-order valence-corrected chi connectivity index (χ1v) is 5.79. The summed E-state index contributed by atoms with van der Waals surface area (Å²) >= 11 is 0. The summed E-state index contributed by atoms with van der Waals surface area (Å²) in [7, 11) is 0. The highest BCUT2D eigenvalue weighted by Gasteiger charge is 2.18. The molecule has 0 aliphatic heterocycles. The van der Waals surface area contributed by atoms with Gasteiger partial charge in [0.15, 0.2) is 0 Å². The van der Waals surface area contributed by atoms with Crippen molar-refractivity contribution < 1.29 is 24.9 Å². The number of hydrogen-bond acceptors (Lipinski definition) is 5. The van der Waals surface area contributed by atoms with Crippen LogP contribution >= 0.6 is 0 Å². The van der Waals surface area contributed by atoms with Crippen molar-refractivity contribution in [3.8, 4) is 5.75 Å². The molecule has 0 unspecified atom stereocenters. The van der Waals surface area contributed by atoms with Crippen molar-refractivity contribution in [3.05, 3.63) is 53.6 Å². The molecule has 0 spiro atoms. The second kappa shape index (κ2) is 5.83. The number of hydrogen-bond donors (Lipinski definition) is 3. The molecule has 0 fully saturated rings. The highest BCUT2D eigenvalue weighted by Crippen LogP contribution is 2.30. The predicted octanol–water partition coefficient (Wildman–Crippen LogP) is 3.20. The molecule has 21 heavy (non-hydrogen) atoms. The van der Waals surface area contributed by atoms with Crippen molar-refractivity contribution in [1.82, 2.24) is 0 Å². The number of phenols is 1. The smallest absolute Gasteiger partial charge is 0.339 e. The summed E-state index contributed by atoms with van der Waals surface area (Å²) < 4.78 is 0. The van der Waals surface area contributed by atoms with E-state index in [0.29, 0.717) is 5.69 Å². The quantitative estimate of drug-likeness (QED) is 0.745. The molecule has 0 radical (unpaired) electrons. The lowest BCUT2D eigenvalue weighted by molar-refractivity contribution is 0.0678. The molecule has 106 valence electrons. The third kappa shape index (κ3) is 3.21. The van der Waals surface area contributed by atoms with Crippen LogP contribution in [0.4, 0.5) is 11.4 Å². The SMILES string of the molecule is O=C(O)c1cc(/N=N/c2ccccc2)c(C(=O)O)cc1O. The van der Waals surface area contributed by atoms with Gasteiger partial charge in [0, 0.05) is 0 Å². The van der Waals surface area contributed by atoms with Gasteiger partial charge in [-0.15, -0.1) is 5.11 Å². The molecule has 0 amide bonds. The number of azo groups is 1. The first-order chi connectivity index (χ1) is 9.99. The van der Waals surface area contributed by atoms with Gasteiger partial charge in [0.2, 0.25) is 0 Å². The predicted molar refractivity (Wildman–Crippen MR) is 72.6 cm³/mol. The van der Waals surface area contributed by atoms with E-state index < -0.39 is 23.3 Å². The Bertz CT molecular complexity index is 726. The normalized spacial score (nSPS) is 10.7. The van der Waals surface area contributed by atoms with Crippen LogP contribution in [0.3, 0.4) is 0 Å². The Morgan fingerprint density at radius 3 is 2.05 bits per heavy atom. The summed E-state index contributed by atoms with van der Waals surface area (Å²) in [4.78, 5) is 22.1. The molecule has 2 aromatic carbocycles. The molecule has 0 aromatic heterocycles. The molecule has 0 saturated carbocycles. The summed E-state index contributed by atoms with van der Waals surface area (Å²) in [5.74, 6) is -3.37. The third-order valence-corrected chi connectivity index (χ3v) is 2.60. The fourth-order valence-corrected chi connectivity index (χ4v) is 1.61. The van der Waals surface area contributed by atoms with E-state index in [1.807, 2.05) is 0 Å². The summed E-state index contributed by atoms with van der Waals surface area (Å²) in [5, 5.41) is 35.1. The number of aromatic carboxylic acids is 2. The molecular weight excluding hydrogens is 276 g/mol. The van der Waals surface area contributed by atoms with Crippen LogP contribution in [0.5, 0.6) is 5.75 Å². The lowest BCUT2D eigenvalue weighted by atomic mass is 10.1. The molecule has 2 rings (SSSR count). The molecule has 0 aliphatic carbocycles. The average molecular weight is 286 g/mol. The van der Waals surface area contributed by atoms with E-state index in [4.69, 9.17) is 10.2 Å². The molecule has 0 bridgehead atoms.